The average Bonchev–Trinajstić information content (AvgIpc) is 2.53. The maximum Gasteiger partial charge on any atom is 0.328 e. The van der Waals surface area contributed by atoms with Gasteiger partial charge in [0.1, 0.15) is 23.5 Å². The number of hydrogen-bond acceptors (Lipinski definition) is 5. The maximum absolute atomic E-state index is 13.5. The van der Waals surface area contributed by atoms with Crippen LogP contribution in [0.1, 0.15) is 12.5 Å². The minimum absolute atomic E-state index is 0.0183. The molecule has 0 spiro atoms. The molecule has 0 bridgehead atoms. The number of carboxylic acids is 1. The molecule has 5 N–H and O–H groups in total. The number of aliphatic carboxylic acids is 1. The van der Waals surface area contributed by atoms with Gasteiger partial charge in [0.2, 0.25) is 0 Å². The van der Waals surface area contributed by atoms with Gasteiger partial charge < -0.3 is 5.11 Å². The number of halogens is 1. The van der Waals surface area contributed by atoms with Crippen molar-refractivity contribution in [3.05, 3.63) is 47.8 Å². The van der Waals surface area contributed by atoms with Crippen LogP contribution in [0, 0.1) is 5.82 Å². The van der Waals surface area contributed by atoms with Crippen LogP contribution in [0.3, 0.4) is 0 Å². The van der Waals surface area contributed by atoms with E-state index < -0.39 is 17.8 Å². The minimum atomic E-state index is -1.21. The molecule has 9 heteroatoms. The molecule has 1 aromatic carbocycles. The third-order valence-electron chi connectivity index (χ3n) is 2.72. The third kappa shape index (κ3) is 6.24. The molecule has 0 unspecified atom stereocenters. The van der Waals surface area contributed by atoms with Crippen molar-refractivity contribution in [2.24, 2.45) is 9.98 Å². The molecule has 0 saturated heterocycles. The summed E-state index contributed by atoms with van der Waals surface area (Å²) in [6, 6.07) is 5.31. The van der Waals surface area contributed by atoms with Crippen LogP contribution in [0.2, 0.25) is 0 Å². The fourth-order valence-electron chi connectivity index (χ4n) is 1.59. The van der Waals surface area contributed by atoms with Gasteiger partial charge in [0.15, 0.2) is 0 Å². The van der Waals surface area contributed by atoms with E-state index in [4.69, 9.17) is 15.5 Å². The van der Waals surface area contributed by atoms with Gasteiger partial charge in [-0.1, -0.05) is 18.2 Å². The van der Waals surface area contributed by atoms with Crippen molar-refractivity contribution < 1.29 is 24.7 Å². The van der Waals surface area contributed by atoms with Crippen LogP contribution in [-0.4, -0.2) is 39.2 Å². The number of benzene rings is 1. The SMILES string of the molecule is C[C@@H](N=C(C=CC(=O)O)NO)C(=NCc1ccccc1F)NO. The second-order valence-corrected chi connectivity index (χ2v) is 4.38. The molecule has 0 saturated carbocycles. The number of carboxylic acid groups (broad SMARTS) is 1. The molecule has 0 amide bonds. The van der Waals surface area contributed by atoms with Crippen molar-refractivity contribution in [2.45, 2.75) is 19.5 Å². The molecule has 0 aliphatic heterocycles. The van der Waals surface area contributed by atoms with Crippen LogP contribution >= 0.6 is 0 Å². The molecule has 0 aliphatic rings. The van der Waals surface area contributed by atoms with Crippen molar-refractivity contribution in [3.8, 4) is 0 Å². The Hall–Kier alpha value is -2.78. The number of rotatable bonds is 6. The number of nitrogens with zero attached hydrogens (tertiary/aromatic N) is 2. The van der Waals surface area contributed by atoms with E-state index in [0.717, 1.165) is 12.2 Å². The summed E-state index contributed by atoms with van der Waals surface area (Å²) >= 11 is 0. The Kier molecular flexibility index (Phi) is 7.37. The van der Waals surface area contributed by atoms with E-state index in [2.05, 4.69) is 9.98 Å². The van der Waals surface area contributed by atoms with E-state index in [1.165, 1.54) is 13.0 Å². The summed E-state index contributed by atoms with van der Waals surface area (Å²) in [7, 11) is 0. The van der Waals surface area contributed by atoms with Gasteiger partial charge in [-0.25, -0.2) is 9.18 Å². The van der Waals surface area contributed by atoms with Crippen molar-refractivity contribution in [3.63, 3.8) is 0 Å². The second-order valence-electron chi connectivity index (χ2n) is 4.38. The lowest BCUT2D eigenvalue weighted by Crippen LogP contribution is -2.32. The number of hydrogen-bond donors (Lipinski definition) is 5. The number of amidine groups is 2. The number of carbonyl (C=O) groups is 1. The molecule has 0 radical (unpaired) electrons. The van der Waals surface area contributed by atoms with Crippen LogP contribution < -0.4 is 11.0 Å². The fraction of sp³-hybridized carbons (Fsp3) is 0.214. The maximum atomic E-state index is 13.5. The highest BCUT2D eigenvalue weighted by molar-refractivity contribution is 5.98. The summed E-state index contributed by atoms with van der Waals surface area (Å²) in [5, 5.41) is 26.5. The number of nitrogens with one attached hydrogen (secondary N) is 2. The molecule has 124 valence electrons. The van der Waals surface area contributed by atoms with E-state index in [0.29, 0.717) is 5.56 Å². The van der Waals surface area contributed by atoms with Gasteiger partial charge in [0.05, 0.1) is 6.54 Å². The lowest BCUT2D eigenvalue weighted by Gasteiger charge is -2.11. The zero-order valence-electron chi connectivity index (χ0n) is 12.3. The third-order valence-corrected chi connectivity index (χ3v) is 2.72. The monoisotopic (exact) mass is 324 g/mol. The highest BCUT2D eigenvalue weighted by Crippen LogP contribution is 2.08. The molecule has 0 heterocycles. The molecule has 23 heavy (non-hydrogen) atoms. The largest absolute Gasteiger partial charge is 0.478 e. The molecule has 0 aromatic heterocycles. The summed E-state index contributed by atoms with van der Waals surface area (Å²) in [4.78, 5) is 18.4. The first-order chi connectivity index (χ1) is 11.0. The quantitative estimate of drug-likeness (QED) is 0.231. The zero-order valence-corrected chi connectivity index (χ0v) is 12.3. The molecule has 1 aromatic rings. The molecule has 8 nitrogen and oxygen atoms in total. The summed E-state index contributed by atoms with van der Waals surface area (Å²) in [6.45, 7) is 1.51. The van der Waals surface area contributed by atoms with Crippen LogP contribution in [0.4, 0.5) is 4.39 Å². The summed E-state index contributed by atoms with van der Waals surface area (Å²) < 4.78 is 13.5. The van der Waals surface area contributed by atoms with E-state index in [1.807, 2.05) is 5.48 Å². The zero-order chi connectivity index (χ0) is 17.2. The van der Waals surface area contributed by atoms with E-state index in [-0.39, 0.29) is 18.2 Å². The predicted octanol–water partition coefficient (Wildman–Crippen LogP) is 1.11. The van der Waals surface area contributed by atoms with Crippen molar-refractivity contribution in [1.82, 2.24) is 11.0 Å². The Bertz CT molecular complexity index is 631. The van der Waals surface area contributed by atoms with E-state index in [1.54, 1.807) is 23.7 Å². The standard InChI is InChI=1S/C14H17FN4O4/c1-9(17-12(18-22)6-7-13(20)21)14(19-23)16-8-10-4-2-3-5-11(10)15/h2-7,9,22-23H,8H2,1H3,(H,16,19)(H,17,18)(H,20,21)/t9-/m1/s1. The van der Waals surface area contributed by atoms with Crippen LogP contribution in [0.15, 0.2) is 46.4 Å². The normalized spacial score (nSPS) is 13.9. The van der Waals surface area contributed by atoms with Gasteiger partial charge in [0, 0.05) is 11.6 Å². The smallest absolute Gasteiger partial charge is 0.328 e. The second kappa shape index (κ2) is 9.28. The molecule has 1 rings (SSSR count). The first-order valence-electron chi connectivity index (χ1n) is 6.54. The first kappa shape index (κ1) is 18.3. The summed E-state index contributed by atoms with van der Waals surface area (Å²) in [5.74, 6) is -1.76. The first-order valence-corrected chi connectivity index (χ1v) is 6.54. The summed E-state index contributed by atoms with van der Waals surface area (Å²) in [5.41, 5.74) is 3.92. The highest BCUT2D eigenvalue weighted by atomic mass is 19.1. The van der Waals surface area contributed by atoms with Crippen molar-refractivity contribution >= 4 is 17.6 Å². The lowest BCUT2D eigenvalue weighted by molar-refractivity contribution is -0.131. The minimum Gasteiger partial charge on any atom is -0.478 e. The Balaban J connectivity index is 2.88. The van der Waals surface area contributed by atoms with Gasteiger partial charge in [-0.15, -0.1) is 0 Å². The molecular weight excluding hydrogens is 307 g/mol. The molecule has 1 atom stereocenters. The highest BCUT2D eigenvalue weighted by Gasteiger charge is 2.10. The Morgan fingerprint density at radius 3 is 2.57 bits per heavy atom. The van der Waals surface area contributed by atoms with Crippen molar-refractivity contribution in [2.75, 3.05) is 0 Å². The number of aliphatic imine (C=N–C) groups is 2. The number of hydroxylamine groups is 2. The van der Waals surface area contributed by atoms with Gasteiger partial charge in [-0.05, 0) is 19.1 Å². The van der Waals surface area contributed by atoms with Crippen LogP contribution in [0.25, 0.3) is 0 Å². The molecule has 0 fully saturated rings. The van der Waals surface area contributed by atoms with Gasteiger partial charge in [-0.2, -0.15) is 0 Å². The van der Waals surface area contributed by atoms with Gasteiger partial charge in [-0.3, -0.25) is 31.4 Å². The van der Waals surface area contributed by atoms with E-state index in [9.17, 15) is 9.18 Å². The van der Waals surface area contributed by atoms with E-state index >= 15 is 0 Å². The van der Waals surface area contributed by atoms with Crippen molar-refractivity contribution in [1.29, 1.82) is 0 Å². The average molecular weight is 324 g/mol. The van der Waals surface area contributed by atoms with Crippen LogP contribution in [-0.2, 0) is 11.3 Å². The molecule has 0 aliphatic carbocycles. The fourth-order valence-corrected chi connectivity index (χ4v) is 1.59. The van der Waals surface area contributed by atoms with Crippen LogP contribution in [0.5, 0.6) is 0 Å². The lowest BCUT2D eigenvalue weighted by atomic mass is 10.2. The Morgan fingerprint density at radius 2 is 2.00 bits per heavy atom. The summed E-state index contributed by atoms with van der Waals surface area (Å²) in [6.07, 6.45) is 1.81. The topological polar surface area (TPSA) is 127 Å². The Morgan fingerprint density at radius 1 is 1.30 bits per heavy atom. The molecular formula is C14H17FN4O4. The van der Waals surface area contributed by atoms with Gasteiger partial charge >= 0.3 is 5.97 Å². The van der Waals surface area contributed by atoms with Gasteiger partial charge in [0.25, 0.3) is 0 Å². The predicted molar refractivity (Wildman–Crippen MR) is 81.1 cm³/mol. The Labute approximate surface area is 131 Å².